The van der Waals surface area contributed by atoms with Crippen LogP contribution in [-0.2, 0) is 0 Å². The largest absolute Gasteiger partial charge is 0.264 e. The van der Waals surface area contributed by atoms with Crippen molar-refractivity contribution in [3.8, 4) is 0 Å². The van der Waals surface area contributed by atoms with Gasteiger partial charge >= 0.3 is 0 Å². The summed E-state index contributed by atoms with van der Waals surface area (Å²) in [6.45, 7) is 3.68. The third-order valence-electron chi connectivity index (χ3n) is 1.84. The fourth-order valence-corrected chi connectivity index (χ4v) is 1.11. The molecule has 1 radical (unpaired) electrons. The summed E-state index contributed by atoms with van der Waals surface area (Å²) in [4.78, 5) is 3.98. The number of alkyl halides is 1. The van der Waals surface area contributed by atoms with E-state index in [1.165, 1.54) is 0 Å². The molecule has 0 saturated heterocycles. The Bertz CT molecular complexity index is 210. The zero-order chi connectivity index (χ0) is 8.81. The van der Waals surface area contributed by atoms with Crippen molar-refractivity contribution in [2.45, 2.75) is 18.8 Å². The molecule has 1 nitrogen and oxygen atoms in total. The predicted molar refractivity (Wildman–Crippen MR) is 47.5 cm³/mol. The molecule has 12 heavy (non-hydrogen) atoms. The van der Waals surface area contributed by atoms with Crippen LogP contribution in [0, 0.1) is 6.92 Å². The first kappa shape index (κ1) is 9.17. The highest BCUT2D eigenvalue weighted by Gasteiger charge is 2.03. The minimum absolute atomic E-state index is 0.175. The van der Waals surface area contributed by atoms with Gasteiger partial charge in [0.2, 0.25) is 0 Å². The van der Waals surface area contributed by atoms with Crippen LogP contribution in [0.1, 0.15) is 24.3 Å². The van der Waals surface area contributed by atoms with Gasteiger partial charge in [0.05, 0.1) is 6.67 Å². The van der Waals surface area contributed by atoms with E-state index in [0.717, 1.165) is 12.0 Å². The smallest absolute Gasteiger partial charge is 0.0894 e. The number of nitrogens with zero attached hydrogens (tertiary/aromatic N) is 1. The molecule has 1 unspecified atom stereocenters. The van der Waals surface area contributed by atoms with Gasteiger partial charge in [0.25, 0.3) is 0 Å². The molecular formula is C10H13FN. The molecule has 2 heteroatoms. The molecule has 0 fully saturated rings. The van der Waals surface area contributed by atoms with E-state index in [4.69, 9.17) is 0 Å². The molecule has 1 aromatic heterocycles. The number of rotatable bonds is 4. The van der Waals surface area contributed by atoms with Gasteiger partial charge in [-0.15, -0.1) is 0 Å². The predicted octanol–water partition coefficient (Wildman–Crippen LogP) is 2.75. The first-order chi connectivity index (χ1) is 5.84. The summed E-state index contributed by atoms with van der Waals surface area (Å²) in [5.74, 6) is 0.175. The zero-order valence-corrected chi connectivity index (χ0v) is 7.04. The number of aromatic nitrogens is 1. The monoisotopic (exact) mass is 166 g/mol. The van der Waals surface area contributed by atoms with E-state index in [0.29, 0.717) is 6.42 Å². The van der Waals surface area contributed by atoms with Gasteiger partial charge in [-0.25, -0.2) is 0 Å². The van der Waals surface area contributed by atoms with Crippen molar-refractivity contribution in [3.05, 3.63) is 37.0 Å². The SMILES string of the molecule is [CH2]C(CCCF)c1cccnc1. The topological polar surface area (TPSA) is 12.9 Å². The average Bonchev–Trinajstić information content (AvgIpc) is 2.15. The molecular weight excluding hydrogens is 153 g/mol. The number of pyridine rings is 1. The third kappa shape index (κ3) is 2.61. The Morgan fingerprint density at radius 2 is 2.42 bits per heavy atom. The van der Waals surface area contributed by atoms with E-state index in [-0.39, 0.29) is 12.6 Å². The van der Waals surface area contributed by atoms with E-state index in [9.17, 15) is 4.39 Å². The second-order valence-corrected chi connectivity index (χ2v) is 2.81. The summed E-state index contributed by atoms with van der Waals surface area (Å²) in [5, 5.41) is 0. The summed E-state index contributed by atoms with van der Waals surface area (Å²) < 4.78 is 11.8. The molecule has 0 spiro atoms. The van der Waals surface area contributed by atoms with Crippen molar-refractivity contribution in [2.75, 3.05) is 6.67 Å². The van der Waals surface area contributed by atoms with Gasteiger partial charge in [0.15, 0.2) is 0 Å². The number of hydrogen-bond acceptors (Lipinski definition) is 1. The van der Waals surface area contributed by atoms with Gasteiger partial charge in [0, 0.05) is 12.4 Å². The lowest BCUT2D eigenvalue weighted by molar-refractivity contribution is 0.454. The van der Waals surface area contributed by atoms with Crippen LogP contribution in [0.25, 0.3) is 0 Å². The van der Waals surface area contributed by atoms with E-state index in [1.807, 2.05) is 12.1 Å². The maximum Gasteiger partial charge on any atom is 0.0894 e. The Morgan fingerprint density at radius 1 is 1.58 bits per heavy atom. The van der Waals surface area contributed by atoms with Gasteiger partial charge in [-0.2, -0.15) is 0 Å². The first-order valence-electron chi connectivity index (χ1n) is 4.13. The van der Waals surface area contributed by atoms with Crippen molar-refractivity contribution in [3.63, 3.8) is 0 Å². The van der Waals surface area contributed by atoms with E-state index < -0.39 is 0 Å². The summed E-state index contributed by atoms with van der Waals surface area (Å²) >= 11 is 0. The highest BCUT2D eigenvalue weighted by atomic mass is 19.1. The minimum Gasteiger partial charge on any atom is -0.264 e. The average molecular weight is 166 g/mol. The lowest BCUT2D eigenvalue weighted by Crippen LogP contribution is -1.94. The molecule has 1 rings (SSSR count). The maximum absolute atomic E-state index is 11.8. The van der Waals surface area contributed by atoms with Gasteiger partial charge in [-0.3, -0.25) is 9.37 Å². The highest BCUT2D eigenvalue weighted by molar-refractivity contribution is 5.15. The molecule has 65 valence electrons. The normalized spacial score (nSPS) is 12.8. The van der Waals surface area contributed by atoms with Crippen molar-refractivity contribution in [1.29, 1.82) is 0 Å². The fourth-order valence-electron chi connectivity index (χ4n) is 1.11. The van der Waals surface area contributed by atoms with Crippen molar-refractivity contribution < 1.29 is 4.39 Å². The molecule has 0 amide bonds. The van der Waals surface area contributed by atoms with Crippen LogP contribution in [0.4, 0.5) is 4.39 Å². The second-order valence-electron chi connectivity index (χ2n) is 2.81. The third-order valence-corrected chi connectivity index (χ3v) is 1.84. The van der Waals surface area contributed by atoms with Crippen molar-refractivity contribution in [1.82, 2.24) is 4.98 Å². The Labute approximate surface area is 72.6 Å². The second kappa shape index (κ2) is 4.86. The van der Waals surface area contributed by atoms with Gasteiger partial charge < -0.3 is 0 Å². The maximum atomic E-state index is 11.8. The first-order valence-corrected chi connectivity index (χ1v) is 4.13. The lowest BCUT2D eigenvalue weighted by Gasteiger charge is -2.08. The Balaban J connectivity index is 2.48. The quantitative estimate of drug-likeness (QED) is 0.670. The summed E-state index contributed by atoms with van der Waals surface area (Å²) in [5.41, 5.74) is 1.09. The van der Waals surface area contributed by atoms with Crippen LogP contribution in [0.2, 0.25) is 0 Å². The Morgan fingerprint density at radius 3 is 3.00 bits per heavy atom. The Kier molecular flexibility index (Phi) is 3.71. The van der Waals surface area contributed by atoms with Crippen LogP contribution < -0.4 is 0 Å². The van der Waals surface area contributed by atoms with Crippen LogP contribution >= 0.6 is 0 Å². The molecule has 1 atom stereocenters. The van der Waals surface area contributed by atoms with E-state index in [1.54, 1.807) is 12.4 Å². The minimum atomic E-state index is -0.258. The van der Waals surface area contributed by atoms with Gasteiger partial charge in [-0.1, -0.05) is 6.07 Å². The van der Waals surface area contributed by atoms with E-state index in [2.05, 4.69) is 11.9 Å². The molecule has 0 aromatic carbocycles. The van der Waals surface area contributed by atoms with E-state index >= 15 is 0 Å². The standard InChI is InChI=1S/C10H13FN/c1-9(4-2-6-11)10-5-3-7-12-8-10/h3,5,7-9H,1-2,4,6H2. The van der Waals surface area contributed by atoms with Gasteiger partial charge in [-0.05, 0) is 37.3 Å². The van der Waals surface area contributed by atoms with Gasteiger partial charge in [0.1, 0.15) is 0 Å². The molecule has 0 N–H and O–H groups in total. The van der Waals surface area contributed by atoms with Crippen molar-refractivity contribution in [2.24, 2.45) is 0 Å². The molecule has 1 aromatic rings. The van der Waals surface area contributed by atoms with Crippen LogP contribution in [0.15, 0.2) is 24.5 Å². The van der Waals surface area contributed by atoms with Crippen molar-refractivity contribution >= 4 is 0 Å². The molecule has 0 saturated carbocycles. The van der Waals surface area contributed by atoms with Crippen LogP contribution in [-0.4, -0.2) is 11.7 Å². The van der Waals surface area contributed by atoms with Crippen LogP contribution in [0.5, 0.6) is 0 Å². The molecule has 0 bridgehead atoms. The molecule has 1 heterocycles. The number of hydrogen-bond donors (Lipinski definition) is 0. The summed E-state index contributed by atoms with van der Waals surface area (Å²) in [7, 11) is 0. The Hall–Kier alpha value is -0.920. The van der Waals surface area contributed by atoms with Crippen LogP contribution in [0.3, 0.4) is 0 Å². The molecule has 0 aliphatic carbocycles. The number of halogens is 1. The zero-order valence-electron chi connectivity index (χ0n) is 7.04. The lowest BCUT2D eigenvalue weighted by atomic mass is 9.98. The molecule has 0 aliphatic heterocycles. The summed E-state index contributed by atoms with van der Waals surface area (Å²) in [6.07, 6.45) is 4.90. The fraction of sp³-hybridized carbons (Fsp3) is 0.400. The highest BCUT2D eigenvalue weighted by Crippen LogP contribution is 2.18. The molecule has 0 aliphatic rings. The summed E-state index contributed by atoms with van der Waals surface area (Å²) in [6, 6.07) is 3.85.